The largest absolute Gasteiger partial charge is 0.497 e. The van der Waals surface area contributed by atoms with E-state index < -0.39 is 0 Å². The minimum absolute atomic E-state index is 0. The van der Waals surface area contributed by atoms with E-state index in [1.54, 1.807) is 20.3 Å². The highest BCUT2D eigenvalue weighted by molar-refractivity contribution is 5.85. The molecule has 16 heavy (non-hydrogen) atoms. The van der Waals surface area contributed by atoms with Crippen LogP contribution in [0.5, 0.6) is 11.5 Å². The number of nitrogens with two attached hydrogens (primary N) is 1. The molecule has 4 nitrogen and oxygen atoms in total. The van der Waals surface area contributed by atoms with E-state index >= 15 is 0 Å². The number of halogens is 1. The van der Waals surface area contributed by atoms with E-state index in [-0.39, 0.29) is 24.9 Å². The fourth-order valence-corrected chi connectivity index (χ4v) is 1.26. The molecule has 0 saturated carbocycles. The second kappa shape index (κ2) is 6.94. The van der Waals surface area contributed by atoms with Crippen molar-refractivity contribution in [3.8, 4) is 17.6 Å². The molecule has 1 rings (SSSR count). The molecular formula is C11H15ClN2O2. The number of ether oxygens (including phenoxy) is 2. The number of methoxy groups -OCH3 is 2. The van der Waals surface area contributed by atoms with Crippen molar-refractivity contribution in [2.75, 3.05) is 14.2 Å². The van der Waals surface area contributed by atoms with Gasteiger partial charge in [0.2, 0.25) is 0 Å². The van der Waals surface area contributed by atoms with E-state index in [0.717, 1.165) is 5.56 Å². The van der Waals surface area contributed by atoms with Gasteiger partial charge < -0.3 is 15.2 Å². The molecule has 0 amide bonds. The van der Waals surface area contributed by atoms with Crippen molar-refractivity contribution in [3.63, 3.8) is 0 Å². The number of rotatable bonds is 4. The maximum atomic E-state index is 8.56. The van der Waals surface area contributed by atoms with Crippen molar-refractivity contribution in [1.29, 1.82) is 5.26 Å². The summed E-state index contributed by atoms with van der Waals surface area (Å²) in [5, 5.41) is 8.56. The zero-order valence-electron chi connectivity index (χ0n) is 9.27. The Bertz CT molecular complexity index is 354. The highest BCUT2D eigenvalue weighted by Gasteiger charge is 2.08. The van der Waals surface area contributed by atoms with E-state index in [2.05, 4.69) is 0 Å². The third kappa shape index (κ3) is 3.61. The van der Waals surface area contributed by atoms with Gasteiger partial charge in [0.05, 0.1) is 26.7 Å². The van der Waals surface area contributed by atoms with Crippen LogP contribution in [0.1, 0.15) is 18.0 Å². The Morgan fingerprint density at radius 2 is 1.75 bits per heavy atom. The molecule has 0 saturated heterocycles. The molecule has 0 aliphatic rings. The van der Waals surface area contributed by atoms with Crippen LogP contribution in [0.3, 0.4) is 0 Å². The van der Waals surface area contributed by atoms with Crippen LogP contribution >= 0.6 is 12.4 Å². The molecule has 2 N–H and O–H groups in total. The average molecular weight is 243 g/mol. The molecule has 0 heterocycles. The monoisotopic (exact) mass is 242 g/mol. The van der Waals surface area contributed by atoms with Crippen molar-refractivity contribution in [2.45, 2.75) is 12.5 Å². The van der Waals surface area contributed by atoms with Gasteiger partial charge in [0.25, 0.3) is 0 Å². The highest BCUT2D eigenvalue weighted by atomic mass is 35.5. The van der Waals surface area contributed by atoms with Crippen LogP contribution in [0.2, 0.25) is 0 Å². The molecule has 0 bridgehead atoms. The molecule has 1 aromatic rings. The zero-order valence-corrected chi connectivity index (χ0v) is 10.1. The van der Waals surface area contributed by atoms with Gasteiger partial charge in [0.15, 0.2) is 0 Å². The molecule has 5 heteroatoms. The zero-order chi connectivity index (χ0) is 11.3. The lowest BCUT2D eigenvalue weighted by Gasteiger charge is -2.11. The summed E-state index contributed by atoms with van der Waals surface area (Å²) in [5.74, 6) is 1.36. The van der Waals surface area contributed by atoms with Crippen LogP contribution < -0.4 is 15.2 Å². The van der Waals surface area contributed by atoms with Crippen molar-refractivity contribution < 1.29 is 9.47 Å². The van der Waals surface area contributed by atoms with Crippen LogP contribution in [0.25, 0.3) is 0 Å². The van der Waals surface area contributed by atoms with Gasteiger partial charge in [0, 0.05) is 12.1 Å². The molecule has 0 unspecified atom stereocenters. The van der Waals surface area contributed by atoms with E-state index in [4.69, 9.17) is 20.5 Å². The van der Waals surface area contributed by atoms with Gasteiger partial charge in [-0.25, -0.2) is 0 Å². The summed E-state index contributed by atoms with van der Waals surface area (Å²) in [5.41, 5.74) is 6.66. The summed E-state index contributed by atoms with van der Waals surface area (Å²) >= 11 is 0. The van der Waals surface area contributed by atoms with E-state index in [9.17, 15) is 0 Å². The molecule has 1 aromatic carbocycles. The normalized spacial score (nSPS) is 10.9. The van der Waals surface area contributed by atoms with Crippen LogP contribution in [0.4, 0.5) is 0 Å². The van der Waals surface area contributed by atoms with Gasteiger partial charge in [0.1, 0.15) is 11.5 Å². The highest BCUT2D eigenvalue weighted by Crippen LogP contribution is 2.26. The van der Waals surface area contributed by atoms with Gasteiger partial charge >= 0.3 is 0 Å². The quantitative estimate of drug-likeness (QED) is 0.877. The number of hydrogen-bond acceptors (Lipinski definition) is 4. The number of nitriles is 1. The van der Waals surface area contributed by atoms with Gasteiger partial charge in [-0.3, -0.25) is 0 Å². The van der Waals surface area contributed by atoms with Gasteiger partial charge in [-0.2, -0.15) is 5.26 Å². The van der Waals surface area contributed by atoms with Crippen LogP contribution in [-0.2, 0) is 0 Å². The Hall–Kier alpha value is -1.44. The smallest absolute Gasteiger partial charge is 0.122 e. The average Bonchev–Trinajstić information content (AvgIpc) is 2.28. The summed E-state index contributed by atoms with van der Waals surface area (Å²) in [4.78, 5) is 0. The maximum Gasteiger partial charge on any atom is 0.122 e. The van der Waals surface area contributed by atoms with Crippen LogP contribution in [0.15, 0.2) is 18.2 Å². The molecule has 88 valence electrons. The molecule has 0 aliphatic heterocycles. The molecule has 0 radical (unpaired) electrons. The fraction of sp³-hybridized carbons (Fsp3) is 0.364. The van der Waals surface area contributed by atoms with Gasteiger partial charge in [-0.15, -0.1) is 12.4 Å². The lowest BCUT2D eigenvalue weighted by Crippen LogP contribution is -2.09. The molecule has 0 spiro atoms. The summed E-state index contributed by atoms with van der Waals surface area (Å²) in [7, 11) is 3.16. The minimum atomic E-state index is -0.306. The topological polar surface area (TPSA) is 68.3 Å². The van der Waals surface area contributed by atoms with Gasteiger partial charge in [-0.05, 0) is 17.7 Å². The first-order valence-corrected chi connectivity index (χ1v) is 4.56. The van der Waals surface area contributed by atoms with Crippen molar-refractivity contribution in [2.24, 2.45) is 5.73 Å². The Morgan fingerprint density at radius 1 is 1.25 bits per heavy atom. The number of benzene rings is 1. The first-order valence-electron chi connectivity index (χ1n) is 4.56. The predicted octanol–water partition coefficient (Wildman–Crippen LogP) is 2.04. The first kappa shape index (κ1) is 14.6. The summed E-state index contributed by atoms with van der Waals surface area (Å²) < 4.78 is 10.2. The molecule has 1 atom stereocenters. The fourth-order valence-electron chi connectivity index (χ4n) is 1.26. The summed E-state index contributed by atoms with van der Waals surface area (Å²) in [6, 6.07) is 7.11. The number of nitrogens with zero attached hydrogens (tertiary/aromatic N) is 1. The standard InChI is InChI=1S/C11H14N2O2.ClH/c1-14-9-5-8(11(13)3-4-12)6-10(7-9)15-2;/h5-7,11H,3,13H2,1-2H3;1H/t11-;/m1./s1. The van der Waals surface area contributed by atoms with Crippen LogP contribution in [0, 0.1) is 11.3 Å². The second-order valence-corrected chi connectivity index (χ2v) is 3.11. The first-order chi connectivity index (χ1) is 7.21. The summed E-state index contributed by atoms with van der Waals surface area (Å²) in [6.45, 7) is 0. The number of hydrogen-bond donors (Lipinski definition) is 1. The van der Waals surface area contributed by atoms with Crippen LogP contribution in [-0.4, -0.2) is 14.2 Å². The Morgan fingerprint density at radius 3 is 2.12 bits per heavy atom. The molecular weight excluding hydrogens is 228 g/mol. The van der Waals surface area contributed by atoms with Gasteiger partial charge in [-0.1, -0.05) is 0 Å². The van der Waals surface area contributed by atoms with E-state index in [1.807, 2.05) is 18.2 Å². The molecule has 0 aromatic heterocycles. The Labute approximate surface area is 101 Å². The lowest BCUT2D eigenvalue weighted by atomic mass is 10.0. The second-order valence-electron chi connectivity index (χ2n) is 3.11. The van der Waals surface area contributed by atoms with Crippen molar-refractivity contribution in [3.05, 3.63) is 23.8 Å². The molecule has 0 aliphatic carbocycles. The predicted molar refractivity (Wildman–Crippen MR) is 64.0 cm³/mol. The van der Waals surface area contributed by atoms with E-state index in [0.29, 0.717) is 11.5 Å². The van der Waals surface area contributed by atoms with Crippen molar-refractivity contribution in [1.82, 2.24) is 0 Å². The summed E-state index contributed by atoms with van der Waals surface area (Å²) in [6.07, 6.45) is 0.274. The van der Waals surface area contributed by atoms with E-state index in [1.165, 1.54) is 0 Å². The minimum Gasteiger partial charge on any atom is -0.497 e. The SMILES string of the molecule is COc1cc(OC)cc([C@H](N)CC#N)c1.Cl. The maximum absolute atomic E-state index is 8.56. The third-order valence-electron chi connectivity index (χ3n) is 2.11. The van der Waals surface area contributed by atoms with Crippen molar-refractivity contribution >= 4 is 12.4 Å². The third-order valence-corrected chi connectivity index (χ3v) is 2.11. The lowest BCUT2D eigenvalue weighted by molar-refractivity contribution is 0.392. The Kier molecular flexibility index (Phi) is 6.31. The Balaban J connectivity index is 0.00000225. The molecule has 0 fully saturated rings.